The van der Waals surface area contributed by atoms with Crippen molar-refractivity contribution in [1.29, 1.82) is 0 Å². The average Bonchev–Trinajstić information content (AvgIpc) is 2.79. The third-order valence-electron chi connectivity index (χ3n) is 2.50. The summed E-state index contributed by atoms with van der Waals surface area (Å²) in [6.07, 6.45) is 3.49. The van der Waals surface area contributed by atoms with Crippen LogP contribution in [0.5, 0.6) is 0 Å². The molecule has 0 amide bonds. The molecule has 0 saturated heterocycles. The number of hydrogen-bond acceptors (Lipinski definition) is 2. The van der Waals surface area contributed by atoms with Gasteiger partial charge in [-0.25, -0.2) is 9.67 Å². The van der Waals surface area contributed by atoms with Crippen LogP contribution in [0, 0.1) is 0 Å². The molecule has 2 aromatic rings. The summed E-state index contributed by atoms with van der Waals surface area (Å²) in [5, 5.41) is 5.04. The first-order valence-electron chi connectivity index (χ1n) is 5.38. The third-order valence-corrected chi connectivity index (χ3v) is 3.13. The van der Waals surface area contributed by atoms with Gasteiger partial charge in [-0.15, -0.1) is 11.6 Å². The maximum atomic E-state index is 5.96. The zero-order valence-electron chi connectivity index (χ0n) is 9.69. The molecule has 0 atom stereocenters. The van der Waals surface area contributed by atoms with Crippen LogP contribution in [-0.4, -0.2) is 14.8 Å². The molecule has 2 rings (SSSR count). The number of pyridine rings is 1. The van der Waals surface area contributed by atoms with E-state index in [1.54, 1.807) is 10.9 Å². The van der Waals surface area contributed by atoms with E-state index in [1.807, 2.05) is 18.3 Å². The van der Waals surface area contributed by atoms with Crippen molar-refractivity contribution in [1.82, 2.24) is 14.8 Å². The zero-order chi connectivity index (χ0) is 12.4. The van der Waals surface area contributed by atoms with Crippen molar-refractivity contribution in [3.63, 3.8) is 0 Å². The van der Waals surface area contributed by atoms with E-state index in [9.17, 15) is 0 Å². The second-order valence-corrected chi connectivity index (χ2v) is 4.78. The molecule has 0 N–H and O–H groups in total. The van der Waals surface area contributed by atoms with Gasteiger partial charge < -0.3 is 0 Å². The first kappa shape index (κ1) is 12.4. The summed E-state index contributed by atoms with van der Waals surface area (Å²) in [7, 11) is 0. The average molecular weight is 270 g/mol. The number of aromatic nitrogens is 3. The van der Waals surface area contributed by atoms with Gasteiger partial charge in [-0.2, -0.15) is 5.10 Å². The normalized spacial score (nSPS) is 11.1. The monoisotopic (exact) mass is 269 g/mol. The molecule has 90 valence electrons. The Kier molecular flexibility index (Phi) is 3.69. The summed E-state index contributed by atoms with van der Waals surface area (Å²) < 4.78 is 1.74. The van der Waals surface area contributed by atoms with Crippen LogP contribution in [0.15, 0.2) is 24.5 Å². The number of alkyl halides is 1. The van der Waals surface area contributed by atoms with E-state index in [2.05, 4.69) is 23.9 Å². The Morgan fingerprint density at radius 1 is 1.41 bits per heavy atom. The fraction of sp³-hybridized carbons (Fsp3) is 0.333. The summed E-state index contributed by atoms with van der Waals surface area (Å²) in [5.41, 5.74) is 1.90. The van der Waals surface area contributed by atoms with Crippen LogP contribution in [0.25, 0.3) is 5.82 Å². The van der Waals surface area contributed by atoms with Gasteiger partial charge in [0.25, 0.3) is 0 Å². The van der Waals surface area contributed by atoms with Gasteiger partial charge in [0.15, 0.2) is 5.82 Å². The summed E-state index contributed by atoms with van der Waals surface area (Å²) in [6, 6.07) is 3.84. The number of halogens is 2. The quantitative estimate of drug-likeness (QED) is 0.794. The molecule has 0 aromatic carbocycles. The molecule has 0 spiro atoms. The minimum atomic E-state index is 0.368. The second kappa shape index (κ2) is 5.07. The van der Waals surface area contributed by atoms with Crippen LogP contribution in [-0.2, 0) is 5.88 Å². The minimum absolute atomic E-state index is 0.368. The predicted octanol–water partition coefficient (Wildman–Crippen LogP) is 3.78. The maximum Gasteiger partial charge on any atom is 0.153 e. The Balaban J connectivity index is 2.38. The highest BCUT2D eigenvalue weighted by atomic mass is 35.5. The van der Waals surface area contributed by atoms with Crippen molar-refractivity contribution < 1.29 is 0 Å². The van der Waals surface area contributed by atoms with E-state index in [0.717, 1.165) is 17.1 Å². The van der Waals surface area contributed by atoms with E-state index in [0.29, 0.717) is 16.8 Å². The fourth-order valence-corrected chi connectivity index (χ4v) is 1.93. The van der Waals surface area contributed by atoms with E-state index < -0.39 is 0 Å². The molecular formula is C12H13Cl2N3. The molecular weight excluding hydrogens is 257 g/mol. The summed E-state index contributed by atoms with van der Waals surface area (Å²) in [6.45, 7) is 4.21. The smallest absolute Gasteiger partial charge is 0.153 e. The lowest BCUT2D eigenvalue weighted by molar-refractivity contribution is 0.757. The van der Waals surface area contributed by atoms with Crippen LogP contribution < -0.4 is 0 Å². The number of rotatable bonds is 3. The highest BCUT2D eigenvalue weighted by Crippen LogP contribution is 2.20. The molecule has 0 aliphatic heterocycles. The third kappa shape index (κ3) is 2.61. The molecule has 2 heterocycles. The molecule has 0 saturated carbocycles. The Hall–Kier alpha value is -1.06. The van der Waals surface area contributed by atoms with Crippen molar-refractivity contribution in [2.75, 3.05) is 0 Å². The van der Waals surface area contributed by atoms with E-state index >= 15 is 0 Å². The topological polar surface area (TPSA) is 30.7 Å². The van der Waals surface area contributed by atoms with E-state index in [4.69, 9.17) is 23.2 Å². The van der Waals surface area contributed by atoms with Gasteiger partial charge in [0.2, 0.25) is 0 Å². The molecule has 2 aromatic heterocycles. The maximum absolute atomic E-state index is 5.96. The van der Waals surface area contributed by atoms with Gasteiger partial charge in [-0.3, -0.25) is 0 Å². The van der Waals surface area contributed by atoms with Crippen LogP contribution in [0.4, 0.5) is 0 Å². The standard InChI is InChI=1S/C12H13Cl2N3/c1-8(2)11-3-4-17(16-11)12-5-9(6-13)10(14)7-15-12/h3-5,7-8H,6H2,1-2H3. The summed E-state index contributed by atoms with van der Waals surface area (Å²) in [5.74, 6) is 1.50. The first-order chi connectivity index (χ1) is 8.11. The molecule has 0 radical (unpaired) electrons. The van der Waals surface area contributed by atoms with Crippen molar-refractivity contribution >= 4 is 23.2 Å². The van der Waals surface area contributed by atoms with Gasteiger partial charge >= 0.3 is 0 Å². The molecule has 0 fully saturated rings. The largest absolute Gasteiger partial charge is 0.236 e. The van der Waals surface area contributed by atoms with Gasteiger partial charge in [-0.05, 0) is 23.6 Å². The highest BCUT2D eigenvalue weighted by molar-refractivity contribution is 6.32. The van der Waals surface area contributed by atoms with Crippen LogP contribution in [0.2, 0.25) is 5.02 Å². The van der Waals surface area contributed by atoms with E-state index in [-0.39, 0.29) is 0 Å². The van der Waals surface area contributed by atoms with Crippen molar-refractivity contribution in [3.05, 3.63) is 40.8 Å². The Morgan fingerprint density at radius 3 is 2.76 bits per heavy atom. The Morgan fingerprint density at radius 2 is 2.18 bits per heavy atom. The highest BCUT2D eigenvalue weighted by Gasteiger charge is 2.07. The first-order valence-corrected chi connectivity index (χ1v) is 6.29. The molecule has 17 heavy (non-hydrogen) atoms. The Bertz CT molecular complexity index is 520. The van der Waals surface area contributed by atoms with Crippen molar-refractivity contribution in [2.45, 2.75) is 25.6 Å². The number of hydrogen-bond donors (Lipinski definition) is 0. The molecule has 5 heteroatoms. The molecule has 0 aliphatic carbocycles. The van der Waals surface area contributed by atoms with Crippen LogP contribution in [0.1, 0.15) is 31.0 Å². The molecule has 3 nitrogen and oxygen atoms in total. The molecule has 0 bridgehead atoms. The lowest BCUT2D eigenvalue weighted by Crippen LogP contribution is -2.01. The van der Waals surface area contributed by atoms with Crippen LogP contribution >= 0.6 is 23.2 Å². The summed E-state index contributed by atoms with van der Waals surface area (Å²) >= 11 is 11.8. The van der Waals surface area contributed by atoms with Crippen molar-refractivity contribution in [3.8, 4) is 5.82 Å². The zero-order valence-corrected chi connectivity index (χ0v) is 11.2. The lowest BCUT2D eigenvalue weighted by Gasteiger charge is -2.04. The lowest BCUT2D eigenvalue weighted by atomic mass is 10.1. The van der Waals surface area contributed by atoms with Gasteiger partial charge in [0, 0.05) is 18.3 Å². The molecule has 0 unspecified atom stereocenters. The van der Waals surface area contributed by atoms with Crippen LogP contribution in [0.3, 0.4) is 0 Å². The van der Waals surface area contributed by atoms with Gasteiger partial charge in [-0.1, -0.05) is 25.4 Å². The second-order valence-electron chi connectivity index (χ2n) is 4.11. The summed E-state index contributed by atoms with van der Waals surface area (Å²) in [4.78, 5) is 4.24. The minimum Gasteiger partial charge on any atom is -0.236 e. The fourth-order valence-electron chi connectivity index (χ4n) is 1.47. The Labute approximate surface area is 110 Å². The SMILES string of the molecule is CC(C)c1ccn(-c2cc(CCl)c(Cl)cn2)n1. The predicted molar refractivity (Wildman–Crippen MR) is 70.0 cm³/mol. The molecule has 0 aliphatic rings. The van der Waals surface area contributed by atoms with Gasteiger partial charge in [0.1, 0.15) is 0 Å². The van der Waals surface area contributed by atoms with Crippen molar-refractivity contribution in [2.24, 2.45) is 0 Å². The van der Waals surface area contributed by atoms with E-state index in [1.165, 1.54) is 0 Å². The van der Waals surface area contributed by atoms with Gasteiger partial charge in [0.05, 0.1) is 10.7 Å². The number of nitrogens with zero attached hydrogens (tertiary/aromatic N) is 3.